The molecule has 54 heavy (non-hydrogen) atoms. The normalized spacial score (nSPS) is 14.5. The standard InChI is InChI=1S/C46H59N5OS2/c1-7-13-16-33(10-4)30-50(31-34(11-5)17-14-8-2)38-21-19-36(20-22-38)40-23-24-41(53-40)42-25-26-43(54-42)44-39(29-49)45(37(27-47)28-48)51(46(44)52)32-35(12-6)18-15-9-3/h19-26,33-35H,7-18,30-32H2,1-6H3. The van der Waals surface area contributed by atoms with Crippen LogP contribution in [0, 0.1) is 51.7 Å². The lowest BCUT2D eigenvalue weighted by molar-refractivity contribution is -0.122. The number of hydrogen-bond acceptors (Lipinski definition) is 7. The lowest BCUT2D eigenvalue weighted by atomic mass is 9.95. The third-order valence-electron chi connectivity index (χ3n) is 11.0. The van der Waals surface area contributed by atoms with E-state index in [-0.39, 0.29) is 34.2 Å². The van der Waals surface area contributed by atoms with Crippen LogP contribution in [-0.2, 0) is 4.79 Å². The van der Waals surface area contributed by atoms with Crippen molar-refractivity contribution in [3.63, 3.8) is 0 Å². The van der Waals surface area contributed by atoms with Crippen LogP contribution >= 0.6 is 22.7 Å². The molecule has 3 atom stereocenters. The second-order valence-electron chi connectivity index (χ2n) is 14.8. The number of nitriles is 3. The summed E-state index contributed by atoms with van der Waals surface area (Å²) in [5.74, 6) is 1.31. The van der Waals surface area contributed by atoms with E-state index in [1.807, 2.05) is 24.3 Å². The summed E-state index contributed by atoms with van der Waals surface area (Å²) < 4.78 is 0. The van der Waals surface area contributed by atoms with E-state index in [1.165, 1.54) is 83.7 Å². The van der Waals surface area contributed by atoms with E-state index in [0.29, 0.717) is 23.3 Å². The van der Waals surface area contributed by atoms with Gasteiger partial charge >= 0.3 is 0 Å². The van der Waals surface area contributed by atoms with Crippen LogP contribution in [0.3, 0.4) is 0 Å². The van der Waals surface area contributed by atoms with Gasteiger partial charge in [-0.05, 0) is 79.0 Å². The molecule has 0 spiro atoms. The van der Waals surface area contributed by atoms with Gasteiger partial charge < -0.3 is 9.80 Å². The third kappa shape index (κ3) is 10.5. The van der Waals surface area contributed by atoms with Crippen molar-refractivity contribution in [2.24, 2.45) is 17.8 Å². The summed E-state index contributed by atoms with van der Waals surface area (Å²) in [6, 6.07) is 23.4. The Bertz CT molecular complexity index is 1830. The van der Waals surface area contributed by atoms with Gasteiger partial charge in [0.25, 0.3) is 5.91 Å². The number of unbranched alkanes of at least 4 members (excludes halogenated alkanes) is 3. The predicted octanol–water partition coefficient (Wildman–Crippen LogP) is 13.0. The zero-order chi connectivity index (χ0) is 39.0. The maximum atomic E-state index is 14.1. The second-order valence-corrected chi connectivity index (χ2v) is 16.9. The summed E-state index contributed by atoms with van der Waals surface area (Å²) in [5.41, 5.74) is 2.85. The second kappa shape index (κ2) is 21.7. The van der Waals surface area contributed by atoms with Crippen LogP contribution in [0.4, 0.5) is 5.69 Å². The van der Waals surface area contributed by atoms with Crippen LogP contribution in [0.1, 0.15) is 123 Å². The van der Waals surface area contributed by atoms with Crippen molar-refractivity contribution in [1.82, 2.24) is 4.90 Å². The highest BCUT2D eigenvalue weighted by Gasteiger charge is 2.40. The van der Waals surface area contributed by atoms with E-state index in [4.69, 9.17) is 0 Å². The molecule has 0 saturated carbocycles. The Kier molecular flexibility index (Phi) is 17.1. The average Bonchev–Trinajstić information content (AvgIpc) is 3.95. The van der Waals surface area contributed by atoms with Crippen molar-refractivity contribution in [3.8, 4) is 38.4 Å². The zero-order valence-corrected chi connectivity index (χ0v) is 35.1. The Labute approximate surface area is 333 Å². The number of amides is 1. The van der Waals surface area contributed by atoms with Gasteiger partial charge in [-0.3, -0.25) is 4.79 Å². The molecule has 1 amide bonds. The molecule has 0 saturated heterocycles. The quantitative estimate of drug-likeness (QED) is 0.0950. The summed E-state index contributed by atoms with van der Waals surface area (Å²) in [6.45, 7) is 16.1. The average molecular weight is 762 g/mol. The number of nitrogens with zero attached hydrogens (tertiary/aromatic N) is 5. The molecular formula is C46H59N5OS2. The smallest absolute Gasteiger partial charge is 0.261 e. The SMILES string of the molecule is CCCCC(CC)CN1C(=O)C(c2ccc(-c3ccc(-c4ccc(N(CC(CC)CCCC)CC(CC)CCCC)cc4)s3)s2)=C(C#N)C1=C(C#N)C#N. The summed E-state index contributed by atoms with van der Waals surface area (Å²) in [6.07, 6.45) is 13.9. The molecule has 8 heteroatoms. The van der Waals surface area contributed by atoms with Gasteiger partial charge in [-0.15, -0.1) is 22.7 Å². The minimum Gasteiger partial charge on any atom is -0.371 e. The van der Waals surface area contributed by atoms with Crippen LogP contribution in [-0.4, -0.2) is 30.4 Å². The molecule has 3 unspecified atom stereocenters. The topological polar surface area (TPSA) is 94.9 Å². The predicted molar refractivity (Wildman–Crippen MR) is 228 cm³/mol. The molecule has 0 aliphatic carbocycles. The molecule has 0 fully saturated rings. The highest BCUT2D eigenvalue weighted by atomic mass is 32.1. The van der Waals surface area contributed by atoms with Crippen LogP contribution in [0.15, 0.2) is 65.4 Å². The van der Waals surface area contributed by atoms with Crippen molar-refractivity contribution in [1.29, 1.82) is 15.8 Å². The number of thiophene rings is 2. The molecule has 0 N–H and O–H groups in total. The van der Waals surface area contributed by atoms with Crippen molar-refractivity contribution in [2.75, 3.05) is 24.5 Å². The van der Waals surface area contributed by atoms with E-state index >= 15 is 0 Å². The van der Waals surface area contributed by atoms with Crippen molar-refractivity contribution in [3.05, 3.63) is 70.3 Å². The number of carbonyl (C=O) groups is 1. The van der Waals surface area contributed by atoms with Gasteiger partial charge in [-0.2, -0.15) is 15.8 Å². The van der Waals surface area contributed by atoms with Crippen LogP contribution < -0.4 is 4.90 Å². The van der Waals surface area contributed by atoms with Gasteiger partial charge in [0.2, 0.25) is 0 Å². The molecule has 3 heterocycles. The van der Waals surface area contributed by atoms with E-state index in [1.54, 1.807) is 11.3 Å². The molecule has 2 aromatic heterocycles. The minimum atomic E-state index is -0.305. The van der Waals surface area contributed by atoms with Crippen molar-refractivity contribution >= 4 is 39.8 Å². The van der Waals surface area contributed by atoms with Crippen molar-refractivity contribution in [2.45, 2.75) is 119 Å². The monoisotopic (exact) mass is 761 g/mol. The molecule has 3 aromatic rings. The van der Waals surface area contributed by atoms with Gasteiger partial charge in [0.05, 0.1) is 16.8 Å². The first-order valence-electron chi connectivity index (χ1n) is 20.4. The highest BCUT2D eigenvalue weighted by molar-refractivity contribution is 7.24. The molecule has 1 aliphatic rings. The van der Waals surface area contributed by atoms with Gasteiger partial charge in [0.1, 0.15) is 18.2 Å². The van der Waals surface area contributed by atoms with Crippen LogP contribution in [0.25, 0.3) is 25.8 Å². The van der Waals surface area contributed by atoms with Gasteiger partial charge in [0.15, 0.2) is 5.57 Å². The van der Waals surface area contributed by atoms with E-state index in [2.05, 4.69) is 88.9 Å². The zero-order valence-electron chi connectivity index (χ0n) is 33.4. The lowest BCUT2D eigenvalue weighted by Crippen LogP contribution is -2.34. The summed E-state index contributed by atoms with van der Waals surface area (Å²) >= 11 is 3.20. The largest absolute Gasteiger partial charge is 0.371 e. The Morgan fingerprint density at radius 1 is 0.667 bits per heavy atom. The Morgan fingerprint density at radius 2 is 1.15 bits per heavy atom. The van der Waals surface area contributed by atoms with Gasteiger partial charge in [-0.25, -0.2) is 0 Å². The molecule has 1 aliphatic heterocycles. The van der Waals surface area contributed by atoms with E-state index < -0.39 is 0 Å². The molecule has 286 valence electrons. The van der Waals surface area contributed by atoms with Crippen molar-refractivity contribution < 1.29 is 4.79 Å². The molecule has 0 bridgehead atoms. The molecule has 4 rings (SSSR count). The number of carbonyl (C=O) groups excluding carboxylic acids is 1. The number of hydrogen-bond donors (Lipinski definition) is 0. The summed E-state index contributed by atoms with van der Waals surface area (Å²) in [5, 5.41) is 30.0. The number of rotatable bonds is 22. The molecular weight excluding hydrogens is 703 g/mol. The van der Waals surface area contributed by atoms with Gasteiger partial charge in [-0.1, -0.05) is 111 Å². The van der Waals surface area contributed by atoms with E-state index in [0.717, 1.165) is 48.5 Å². The first-order valence-corrected chi connectivity index (χ1v) is 22.0. The molecule has 1 aromatic carbocycles. The Hall–Kier alpha value is -4.16. The third-order valence-corrected chi connectivity index (χ3v) is 13.5. The maximum absolute atomic E-state index is 14.1. The Balaban J connectivity index is 1.60. The Morgan fingerprint density at radius 3 is 1.63 bits per heavy atom. The van der Waals surface area contributed by atoms with E-state index in [9.17, 15) is 20.6 Å². The fourth-order valence-electron chi connectivity index (χ4n) is 7.48. The minimum absolute atomic E-state index is 0.115. The van der Waals surface area contributed by atoms with Gasteiger partial charge in [0, 0.05) is 44.8 Å². The summed E-state index contributed by atoms with van der Waals surface area (Å²) in [4.78, 5) is 22.2. The lowest BCUT2D eigenvalue weighted by Gasteiger charge is -2.32. The fraction of sp³-hybridized carbons (Fsp3) is 0.522. The molecule has 6 nitrogen and oxygen atoms in total. The first-order chi connectivity index (χ1) is 26.3. The number of allylic oxidation sites excluding steroid dienone is 2. The first kappa shape index (κ1) is 42.6. The van der Waals surface area contributed by atoms with Crippen LogP contribution in [0.5, 0.6) is 0 Å². The fourth-order valence-corrected chi connectivity index (χ4v) is 9.64. The molecule has 0 radical (unpaired) electrons. The number of anilines is 1. The van der Waals surface area contributed by atoms with Crippen LogP contribution in [0.2, 0.25) is 0 Å². The summed E-state index contributed by atoms with van der Waals surface area (Å²) in [7, 11) is 0. The highest BCUT2D eigenvalue weighted by Crippen LogP contribution is 2.44. The maximum Gasteiger partial charge on any atom is 0.261 e. The number of benzene rings is 1.